The highest BCUT2D eigenvalue weighted by Gasteiger charge is 2.53. The van der Waals surface area contributed by atoms with Crippen molar-refractivity contribution in [2.24, 2.45) is 0 Å². The van der Waals surface area contributed by atoms with Crippen LogP contribution in [0.4, 0.5) is 4.79 Å². The van der Waals surface area contributed by atoms with Gasteiger partial charge >= 0.3 is 18.0 Å². The molecular weight excluding hydrogens is 662 g/mol. The van der Waals surface area contributed by atoms with Crippen LogP contribution in [0.2, 0.25) is 0 Å². The van der Waals surface area contributed by atoms with Crippen molar-refractivity contribution in [3.05, 3.63) is 71.8 Å². The normalized spacial score (nSPS) is 17.9. The Balaban J connectivity index is 1.46. The first kappa shape index (κ1) is 38.3. The van der Waals surface area contributed by atoms with Crippen LogP contribution in [0.25, 0.3) is 0 Å². The number of carboxylic acid groups (broad SMARTS) is 1. The molecule has 2 aliphatic rings. The van der Waals surface area contributed by atoms with Crippen molar-refractivity contribution in [1.29, 1.82) is 0 Å². The van der Waals surface area contributed by atoms with Crippen LogP contribution in [-0.4, -0.2) is 94.6 Å². The van der Waals surface area contributed by atoms with Gasteiger partial charge in [-0.05, 0) is 57.6 Å². The highest BCUT2D eigenvalue weighted by Crippen LogP contribution is 2.36. The monoisotopic (exact) mass is 707 g/mol. The Hall–Kier alpha value is -5.47. The van der Waals surface area contributed by atoms with Gasteiger partial charge in [0.25, 0.3) is 0 Å². The Morgan fingerprint density at radius 2 is 1.53 bits per heavy atom. The third-order valence-corrected chi connectivity index (χ3v) is 8.51. The van der Waals surface area contributed by atoms with Crippen molar-refractivity contribution < 1.29 is 48.1 Å². The second-order valence-electron chi connectivity index (χ2n) is 13.6. The van der Waals surface area contributed by atoms with Crippen molar-refractivity contribution in [2.45, 2.75) is 94.6 Å². The van der Waals surface area contributed by atoms with Crippen LogP contribution in [0.3, 0.4) is 0 Å². The zero-order chi connectivity index (χ0) is 37.3. The zero-order valence-corrected chi connectivity index (χ0v) is 29.1. The number of rotatable bonds is 14. The molecule has 0 spiro atoms. The van der Waals surface area contributed by atoms with Crippen LogP contribution in [0.15, 0.2) is 60.7 Å². The molecule has 5 amide bonds. The van der Waals surface area contributed by atoms with E-state index in [1.165, 1.54) is 12.0 Å². The van der Waals surface area contributed by atoms with E-state index in [0.717, 1.165) is 5.56 Å². The van der Waals surface area contributed by atoms with Gasteiger partial charge in [-0.2, -0.15) is 0 Å². The first-order valence-electron chi connectivity index (χ1n) is 16.7. The lowest BCUT2D eigenvalue weighted by Gasteiger charge is -2.30. The molecule has 2 aromatic carbocycles. The Labute approximate surface area is 295 Å². The summed E-state index contributed by atoms with van der Waals surface area (Å²) in [6, 6.07) is 12.2. The Kier molecular flexibility index (Phi) is 12.4. The molecule has 0 radical (unpaired) electrons. The molecule has 15 heteroatoms. The number of carbonyl (C=O) groups excluding carboxylic acids is 6. The Morgan fingerprint density at radius 3 is 2.10 bits per heavy atom. The van der Waals surface area contributed by atoms with Crippen LogP contribution in [0, 0.1) is 0 Å². The highest BCUT2D eigenvalue weighted by atomic mass is 16.6. The van der Waals surface area contributed by atoms with E-state index in [1.54, 1.807) is 63.2 Å². The number of esters is 1. The molecule has 51 heavy (non-hydrogen) atoms. The van der Waals surface area contributed by atoms with E-state index in [1.807, 2.05) is 18.2 Å². The quantitative estimate of drug-likeness (QED) is 0.180. The van der Waals surface area contributed by atoms with Gasteiger partial charge in [0, 0.05) is 13.0 Å². The second-order valence-corrected chi connectivity index (χ2v) is 13.6. The molecule has 15 nitrogen and oxygen atoms in total. The average Bonchev–Trinajstić information content (AvgIpc) is 3.69. The van der Waals surface area contributed by atoms with E-state index in [-0.39, 0.29) is 19.4 Å². The molecule has 274 valence electrons. The van der Waals surface area contributed by atoms with E-state index < -0.39 is 83.4 Å². The van der Waals surface area contributed by atoms with Gasteiger partial charge in [-0.1, -0.05) is 60.7 Å². The summed E-state index contributed by atoms with van der Waals surface area (Å²) in [4.78, 5) is 92.8. The van der Waals surface area contributed by atoms with Crippen LogP contribution in [0.1, 0.15) is 70.0 Å². The number of carbonyl (C=O) groups is 7. The number of hydrogen-bond acceptors (Lipinski definition) is 9. The molecule has 4 rings (SSSR count). The number of benzene rings is 2. The summed E-state index contributed by atoms with van der Waals surface area (Å²) in [6.45, 7) is 5.05. The van der Waals surface area contributed by atoms with Gasteiger partial charge in [0.05, 0.1) is 13.5 Å². The van der Waals surface area contributed by atoms with Gasteiger partial charge in [-0.25, -0.2) is 9.59 Å². The van der Waals surface area contributed by atoms with E-state index in [2.05, 4.69) is 21.3 Å². The lowest BCUT2D eigenvalue weighted by Crippen LogP contribution is -2.59. The zero-order valence-electron chi connectivity index (χ0n) is 29.1. The molecule has 1 heterocycles. The number of carboxylic acids is 1. The maximum Gasteiger partial charge on any atom is 0.408 e. The number of alkyl carbamates (subject to hydrolysis) is 1. The molecule has 0 bridgehead atoms. The lowest BCUT2D eigenvalue weighted by molar-refractivity contribution is -0.146. The van der Waals surface area contributed by atoms with Crippen molar-refractivity contribution in [3.8, 4) is 0 Å². The number of ether oxygens (including phenoxy) is 2. The predicted octanol–water partition coefficient (Wildman–Crippen LogP) is 1.75. The third-order valence-electron chi connectivity index (χ3n) is 8.51. The van der Waals surface area contributed by atoms with Gasteiger partial charge < -0.3 is 40.7 Å². The van der Waals surface area contributed by atoms with Crippen molar-refractivity contribution in [1.82, 2.24) is 26.2 Å². The van der Waals surface area contributed by atoms with Crippen LogP contribution in [-0.2, 0) is 44.7 Å². The minimum absolute atomic E-state index is 0.0991. The smallest absolute Gasteiger partial charge is 0.408 e. The molecule has 0 aromatic heterocycles. The van der Waals surface area contributed by atoms with Crippen LogP contribution in [0.5, 0.6) is 0 Å². The summed E-state index contributed by atoms with van der Waals surface area (Å²) >= 11 is 0. The van der Waals surface area contributed by atoms with Crippen molar-refractivity contribution >= 4 is 41.7 Å². The summed E-state index contributed by atoms with van der Waals surface area (Å²) in [6.07, 6.45) is -0.295. The predicted molar refractivity (Wildman–Crippen MR) is 182 cm³/mol. The second kappa shape index (κ2) is 16.5. The molecule has 5 N–H and O–H groups in total. The average molecular weight is 708 g/mol. The number of hydrogen-bond donors (Lipinski definition) is 5. The molecular formula is C36H45N5O10. The molecule has 1 saturated carbocycles. The number of likely N-dealkylation sites (tertiary alicyclic amines) is 1. The van der Waals surface area contributed by atoms with Crippen molar-refractivity contribution in [2.75, 3.05) is 13.7 Å². The summed E-state index contributed by atoms with van der Waals surface area (Å²) in [5.74, 6) is -4.90. The molecule has 1 saturated heterocycles. The number of methoxy groups -OCH3 is 1. The van der Waals surface area contributed by atoms with E-state index in [0.29, 0.717) is 24.8 Å². The topological polar surface area (TPSA) is 210 Å². The van der Waals surface area contributed by atoms with Gasteiger partial charge in [-0.3, -0.25) is 24.0 Å². The Bertz CT molecular complexity index is 1610. The number of nitrogens with zero attached hydrogens (tertiary/aromatic N) is 1. The third kappa shape index (κ3) is 10.5. The minimum atomic E-state index is -1.59. The fourth-order valence-corrected chi connectivity index (χ4v) is 5.84. The first-order chi connectivity index (χ1) is 24.1. The molecule has 2 fully saturated rings. The molecule has 2 aromatic rings. The summed E-state index contributed by atoms with van der Waals surface area (Å²) in [7, 11) is 1.21. The summed E-state index contributed by atoms with van der Waals surface area (Å²) < 4.78 is 10.2. The highest BCUT2D eigenvalue weighted by molar-refractivity contribution is 5.99. The SMILES string of the molecule is COC(=O)[C@H](Cc1ccccc1)NC(=O)C1(NC(=O)[C@H]2CCCN2C(=O)[C@@H](CC(=O)O)NC(=O)[C@H](NC(=O)OC(C)(C)C)c2ccccc2)CC1. The standard InChI is InChI=1S/C36H45N5O10/c1-35(2,3)51-34(49)39-28(23-14-9-6-10-15-23)30(45)37-24(21-27(42)43)31(46)41-19-11-16-26(41)29(44)40-36(17-18-36)33(48)38-25(32(47)50-4)20-22-12-7-5-8-13-22/h5-10,12-15,24-26,28H,11,16-21H2,1-4H3,(H,37,45)(H,38,48)(H,39,49)(H,40,44)(H,42,43)/t24-,25+,26-,28-/m1/s1. The molecule has 4 atom stereocenters. The maximum atomic E-state index is 13.9. The number of aliphatic carboxylic acids is 1. The number of amides is 5. The maximum absolute atomic E-state index is 13.9. The van der Waals surface area contributed by atoms with Crippen LogP contribution >= 0.6 is 0 Å². The minimum Gasteiger partial charge on any atom is -0.481 e. The van der Waals surface area contributed by atoms with E-state index in [9.17, 15) is 38.7 Å². The largest absolute Gasteiger partial charge is 0.481 e. The summed E-state index contributed by atoms with van der Waals surface area (Å²) in [5.41, 5.74) is -1.03. The van der Waals surface area contributed by atoms with Gasteiger partial charge in [0.1, 0.15) is 35.3 Å². The van der Waals surface area contributed by atoms with Gasteiger partial charge in [0.2, 0.25) is 23.6 Å². The lowest BCUT2D eigenvalue weighted by atomic mass is 10.0. The first-order valence-corrected chi connectivity index (χ1v) is 16.7. The van der Waals surface area contributed by atoms with Crippen LogP contribution < -0.4 is 21.3 Å². The molecule has 1 aliphatic carbocycles. The molecule has 1 aliphatic heterocycles. The fraction of sp³-hybridized carbons (Fsp3) is 0.472. The van der Waals surface area contributed by atoms with E-state index in [4.69, 9.17) is 9.47 Å². The number of nitrogens with one attached hydrogen (secondary N) is 4. The molecule has 0 unspecified atom stereocenters. The summed E-state index contributed by atoms with van der Waals surface area (Å²) in [5, 5.41) is 20.1. The van der Waals surface area contributed by atoms with Gasteiger partial charge in [0.15, 0.2) is 0 Å². The van der Waals surface area contributed by atoms with E-state index >= 15 is 0 Å². The van der Waals surface area contributed by atoms with Crippen molar-refractivity contribution in [3.63, 3.8) is 0 Å². The fourth-order valence-electron chi connectivity index (χ4n) is 5.84. The Morgan fingerprint density at radius 1 is 0.902 bits per heavy atom. The van der Waals surface area contributed by atoms with Gasteiger partial charge in [-0.15, -0.1) is 0 Å².